The number of pyridine rings is 1. The monoisotopic (exact) mass is 377 g/mol. The molecule has 1 aromatic carbocycles. The highest BCUT2D eigenvalue weighted by Gasteiger charge is 2.16. The lowest BCUT2D eigenvalue weighted by Crippen LogP contribution is -2.25. The molecule has 5 rings (SSSR count). The number of aromatic nitrogens is 7. The van der Waals surface area contributed by atoms with E-state index >= 15 is 0 Å². The number of rotatable bonds is 2. The Morgan fingerprint density at radius 2 is 1.78 bits per heavy atom. The summed E-state index contributed by atoms with van der Waals surface area (Å²) in [5.41, 5.74) is 3.83. The third-order valence-electron chi connectivity index (χ3n) is 4.46. The number of hydrogen-bond donors (Lipinski definition) is 0. The second-order valence-electron chi connectivity index (χ2n) is 6.07. The summed E-state index contributed by atoms with van der Waals surface area (Å²) in [6.07, 6.45) is 6.15. The molecule has 4 aromatic heterocycles. The van der Waals surface area contributed by atoms with Gasteiger partial charge in [-0.2, -0.15) is 5.10 Å². The highest BCUT2D eigenvalue weighted by molar-refractivity contribution is 6.30. The van der Waals surface area contributed by atoms with Crippen molar-refractivity contribution < 1.29 is 0 Å². The maximum Gasteiger partial charge on any atom is 0.280 e. The largest absolute Gasteiger partial charge is 0.280 e. The highest BCUT2D eigenvalue weighted by atomic mass is 35.5. The first kappa shape index (κ1) is 15.7. The van der Waals surface area contributed by atoms with Crippen LogP contribution in [0.2, 0.25) is 5.02 Å². The van der Waals surface area contributed by atoms with E-state index in [2.05, 4.69) is 20.3 Å². The average Bonchev–Trinajstić information content (AvgIpc) is 3.30. The van der Waals surface area contributed by atoms with Crippen molar-refractivity contribution in [2.45, 2.75) is 6.92 Å². The quantitative estimate of drug-likeness (QED) is 0.472. The second-order valence-corrected chi connectivity index (χ2v) is 6.50. The molecule has 0 N–H and O–H groups in total. The lowest BCUT2D eigenvalue weighted by atomic mass is 10.1. The van der Waals surface area contributed by atoms with E-state index in [-0.39, 0.29) is 5.56 Å². The van der Waals surface area contributed by atoms with Crippen molar-refractivity contribution in [3.05, 3.63) is 76.5 Å². The Balaban J connectivity index is 1.79. The second kappa shape index (κ2) is 5.75. The minimum Gasteiger partial charge on any atom is -0.267 e. The van der Waals surface area contributed by atoms with Crippen LogP contribution in [0.5, 0.6) is 0 Å². The molecule has 4 heterocycles. The van der Waals surface area contributed by atoms with Gasteiger partial charge in [-0.15, -0.1) is 10.2 Å². The van der Waals surface area contributed by atoms with Crippen molar-refractivity contribution in [3.63, 3.8) is 0 Å². The van der Waals surface area contributed by atoms with E-state index in [0.717, 1.165) is 16.8 Å². The summed E-state index contributed by atoms with van der Waals surface area (Å²) in [5.74, 6) is 0. The summed E-state index contributed by atoms with van der Waals surface area (Å²) >= 11 is 6.00. The molecular weight excluding hydrogens is 366 g/mol. The van der Waals surface area contributed by atoms with Gasteiger partial charge in [0, 0.05) is 23.0 Å². The van der Waals surface area contributed by atoms with Crippen LogP contribution in [-0.4, -0.2) is 34.1 Å². The molecule has 0 aliphatic rings. The number of benzene rings is 1. The summed E-state index contributed by atoms with van der Waals surface area (Å²) in [4.78, 5) is 17.4. The normalized spacial score (nSPS) is 11.5. The molecule has 0 fully saturated rings. The van der Waals surface area contributed by atoms with Crippen LogP contribution in [0.3, 0.4) is 0 Å². The molecule has 0 aliphatic carbocycles. The molecule has 0 saturated carbocycles. The smallest absolute Gasteiger partial charge is 0.267 e. The van der Waals surface area contributed by atoms with Crippen LogP contribution in [-0.2, 0) is 0 Å². The van der Waals surface area contributed by atoms with Crippen molar-refractivity contribution in [2.75, 3.05) is 0 Å². The van der Waals surface area contributed by atoms with E-state index < -0.39 is 0 Å². The molecule has 9 heteroatoms. The van der Waals surface area contributed by atoms with Crippen LogP contribution in [0.25, 0.3) is 27.7 Å². The molecule has 0 saturated heterocycles. The highest BCUT2D eigenvalue weighted by Crippen LogP contribution is 2.29. The van der Waals surface area contributed by atoms with Crippen LogP contribution >= 0.6 is 11.6 Å². The molecule has 8 nitrogen and oxygen atoms in total. The standard InChI is InChI=1S/C18H12ClN7O/c1-11-16(12-2-4-13(19)5-3-12)17-20-8-14-15(26(17)23-11)6-7-25(18(14)27)24-9-21-22-10-24/h2-10H,1H3. The van der Waals surface area contributed by atoms with Crippen LogP contribution in [0, 0.1) is 6.92 Å². The lowest BCUT2D eigenvalue weighted by Gasteiger charge is -2.07. The number of halogens is 1. The van der Waals surface area contributed by atoms with Gasteiger partial charge in [0.15, 0.2) is 5.65 Å². The Labute approximate surface area is 157 Å². The summed E-state index contributed by atoms with van der Waals surface area (Å²) in [6.45, 7) is 1.92. The van der Waals surface area contributed by atoms with Crippen molar-refractivity contribution in [2.24, 2.45) is 0 Å². The van der Waals surface area contributed by atoms with Gasteiger partial charge in [-0.05, 0) is 30.7 Å². The molecule has 0 atom stereocenters. The fraction of sp³-hybridized carbons (Fsp3) is 0.0556. The van der Waals surface area contributed by atoms with E-state index in [0.29, 0.717) is 21.6 Å². The molecule has 0 spiro atoms. The first-order chi connectivity index (χ1) is 13.1. The zero-order valence-corrected chi connectivity index (χ0v) is 14.9. The fourth-order valence-corrected chi connectivity index (χ4v) is 3.33. The number of nitrogens with zero attached hydrogens (tertiary/aromatic N) is 7. The molecule has 132 valence electrons. The van der Waals surface area contributed by atoms with E-state index in [9.17, 15) is 4.79 Å². The number of fused-ring (bicyclic) bond motifs is 3. The lowest BCUT2D eigenvalue weighted by molar-refractivity contribution is 0.632. The Bertz CT molecular complexity index is 1350. The Morgan fingerprint density at radius 1 is 1.04 bits per heavy atom. The van der Waals surface area contributed by atoms with Gasteiger partial charge in [-0.25, -0.2) is 18.9 Å². The summed E-state index contributed by atoms with van der Waals surface area (Å²) < 4.78 is 4.61. The van der Waals surface area contributed by atoms with Crippen LogP contribution in [0.15, 0.2) is 60.2 Å². The first-order valence-electron chi connectivity index (χ1n) is 8.14. The minimum atomic E-state index is -0.233. The molecule has 5 aromatic rings. The molecule has 0 radical (unpaired) electrons. The summed E-state index contributed by atoms with van der Waals surface area (Å²) in [5, 5.41) is 13.2. The molecule has 0 aliphatic heterocycles. The SMILES string of the molecule is Cc1nn2c(ncc3c(=O)n(-n4cnnc4)ccc32)c1-c1ccc(Cl)cc1. The van der Waals surface area contributed by atoms with Gasteiger partial charge in [-0.3, -0.25) is 4.79 Å². The van der Waals surface area contributed by atoms with Gasteiger partial charge in [0.1, 0.15) is 12.7 Å². The first-order valence-corrected chi connectivity index (χ1v) is 8.52. The molecule has 0 unspecified atom stereocenters. The van der Waals surface area contributed by atoms with Gasteiger partial charge in [-0.1, -0.05) is 23.7 Å². The summed E-state index contributed by atoms with van der Waals surface area (Å²) in [7, 11) is 0. The van der Waals surface area contributed by atoms with Crippen molar-refractivity contribution in [1.82, 2.24) is 34.1 Å². The van der Waals surface area contributed by atoms with Crippen LogP contribution in [0.4, 0.5) is 0 Å². The van der Waals surface area contributed by atoms with Gasteiger partial charge in [0.25, 0.3) is 5.56 Å². The van der Waals surface area contributed by atoms with Gasteiger partial charge >= 0.3 is 0 Å². The topological polar surface area (TPSA) is 82.9 Å². The van der Waals surface area contributed by atoms with E-state index in [1.807, 2.05) is 37.3 Å². The maximum atomic E-state index is 12.9. The maximum absolute atomic E-state index is 12.9. The Hall–Kier alpha value is -3.52. The number of aryl methyl sites for hydroxylation is 1. The van der Waals surface area contributed by atoms with Gasteiger partial charge < -0.3 is 0 Å². The van der Waals surface area contributed by atoms with Crippen molar-refractivity contribution in [1.29, 1.82) is 0 Å². The third-order valence-corrected chi connectivity index (χ3v) is 4.71. The van der Waals surface area contributed by atoms with Crippen LogP contribution in [0.1, 0.15) is 5.69 Å². The zero-order valence-electron chi connectivity index (χ0n) is 14.1. The number of hydrogen-bond acceptors (Lipinski definition) is 5. The van der Waals surface area contributed by atoms with E-state index in [1.165, 1.54) is 22.0 Å². The average molecular weight is 378 g/mol. The Kier molecular flexibility index (Phi) is 3.34. The molecule has 27 heavy (non-hydrogen) atoms. The van der Waals surface area contributed by atoms with Crippen molar-refractivity contribution >= 4 is 28.2 Å². The van der Waals surface area contributed by atoms with Gasteiger partial charge in [0.05, 0.1) is 16.6 Å². The molecule has 0 amide bonds. The van der Waals surface area contributed by atoms with Gasteiger partial charge in [0.2, 0.25) is 0 Å². The fourth-order valence-electron chi connectivity index (χ4n) is 3.21. The Morgan fingerprint density at radius 3 is 2.52 bits per heavy atom. The molecule has 0 bridgehead atoms. The van der Waals surface area contributed by atoms with E-state index in [1.54, 1.807) is 16.9 Å². The predicted molar refractivity (Wildman–Crippen MR) is 101 cm³/mol. The zero-order chi connectivity index (χ0) is 18.5. The minimum absolute atomic E-state index is 0.233. The molecular formula is C18H12ClN7O. The summed E-state index contributed by atoms with van der Waals surface area (Å²) in [6, 6.07) is 9.35. The van der Waals surface area contributed by atoms with Crippen molar-refractivity contribution in [3.8, 4) is 11.1 Å². The third kappa shape index (κ3) is 2.34. The predicted octanol–water partition coefficient (Wildman–Crippen LogP) is 2.58. The van der Waals surface area contributed by atoms with E-state index in [4.69, 9.17) is 11.6 Å². The van der Waals surface area contributed by atoms with Crippen LogP contribution < -0.4 is 5.56 Å².